The van der Waals surface area contributed by atoms with Crippen molar-refractivity contribution in [2.24, 2.45) is 0 Å². The lowest BCUT2D eigenvalue weighted by molar-refractivity contribution is 0.498. The number of aryl methyl sites for hydroxylation is 1. The molecule has 0 saturated heterocycles. The maximum atomic E-state index is 3.79. The highest BCUT2D eigenvalue weighted by molar-refractivity contribution is 14.1. The zero-order chi connectivity index (χ0) is 12.7. The van der Waals surface area contributed by atoms with Crippen LogP contribution in [0.4, 0.5) is 0 Å². The molecule has 1 N–H and O–H groups in total. The van der Waals surface area contributed by atoms with E-state index < -0.39 is 0 Å². The van der Waals surface area contributed by atoms with Crippen LogP contribution < -0.4 is 5.32 Å². The van der Waals surface area contributed by atoms with Crippen molar-refractivity contribution < 1.29 is 0 Å². The first-order valence-corrected chi connectivity index (χ1v) is 7.37. The molecule has 0 saturated carbocycles. The maximum Gasteiger partial charge on any atom is 0.0330 e. The third-order valence-electron chi connectivity index (χ3n) is 2.95. The summed E-state index contributed by atoms with van der Waals surface area (Å²) in [5.74, 6) is 0. The average Bonchev–Trinajstić information content (AvgIpc) is 2.32. The predicted octanol–water partition coefficient (Wildman–Crippen LogP) is 4.61. The fourth-order valence-electron chi connectivity index (χ4n) is 2.02. The molecule has 1 aromatic carbocycles. The van der Waals surface area contributed by atoms with Gasteiger partial charge in [-0.3, -0.25) is 0 Å². The second-order valence-electron chi connectivity index (χ2n) is 4.31. The van der Waals surface area contributed by atoms with E-state index in [1.807, 2.05) is 6.08 Å². The molecule has 94 valence electrons. The van der Waals surface area contributed by atoms with E-state index in [4.69, 9.17) is 0 Å². The molecule has 1 atom stereocenters. The molecule has 1 rings (SSSR count). The van der Waals surface area contributed by atoms with Crippen molar-refractivity contribution >= 4 is 22.6 Å². The van der Waals surface area contributed by atoms with Gasteiger partial charge in [0.1, 0.15) is 0 Å². The van der Waals surface area contributed by atoms with Crippen molar-refractivity contribution in [1.29, 1.82) is 0 Å². The van der Waals surface area contributed by atoms with Gasteiger partial charge in [0, 0.05) is 9.61 Å². The van der Waals surface area contributed by atoms with Gasteiger partial charge >= 0.3 is 0 Å². The van der Waals surface area contributed by atoms with Crippen molar-refractivity contribution in [1.82, 2.24) is 5.32 Å². The minimum absolute atomic E-state index is 0.478. The minimum atomic E-state index is 0.478. The van der Waals surface area contributed by atoms with Crippen LogP contribution >= 0.6 is 22.6 Å². The van der Waals surface area contributed by atoms with Crippen LogP contribution in [-0.2, 0) is 0 Å². The van der Waals surface area contributed by atoms with Gasteiger partial charge in [-0.15, -0.1) is 6.58 Å². The molecule has 1 aromatic rings. The van der Waals surface area contributed by atoms with Crippen LogP contribution in [0.1, 0.15) is 43.4 Å². The van der Waals surface area contributed by atoms with Crippen molar-refractivity contribution in [2.75, 3.05) is 6.54 Å². The lowest BCUT2D eigenvalue weighted by atomic mass is 9.99. The molecule has 1 unspecified atom stereocenters. The Kier molecular flexibility index (Phi) is 6.82. The molecule has 2 heteroatoms. The Bertz CT molecular complexity index is 360. The second-order valence-corrected chi connectivity index (χ2v) is 5.39. The Balaban J connectivity index is 2.81. The Morgan fingerprint density at radius 3 is 2.88 bits per heavy atom. The molecule has 0 aliphatic carbocycles. The molecule has 1 nitrogen and oxygen atoms in total. The topological polar surface area (TPSA) is 12.0 Å². The first-order chi connectivity index (χ1) is 8.20. The highest BCUT2D eigenvalue weighted by atomic mass is 127. The van der Waals surface area contributed by atoms with E-state index in [1.54, 1.807) is 0 Å². The number of benzene rings is 1. The maximum absolute atomic E-state index is 3.79. The van der Waals surface area contributed by atoms with Crippen LogP contribution in [0.3, 0.4) is 0 Å². The number of hydrogen-bond donors (Lipinski definition) is 1. The molecule has 0 bridgehead atoms. The fraction of sp³-hybridized carbons (Fsp3) is 0.467. The monoisotopic (exact) mass is 343 g/mol. The smallest absolute Gasteiger partial charge is 0.0330 e. The zero-order valence-corrected chi connectivity index (χ0v) is 13.0. The third-order valence-corrected chi connectivity index (χ3v) is 4.42. The fourth-order valence-corrected chi connectivity index (χ4v) is 2.75. The summed E-state index contributed by atoms with van der Waals surface area (Å²) in [6.07, 6.45) is 5.49. The van der Waals surface area contributed by atoms with Crippen LogP contribution in [0.25, 0.3) is 0 Å². The van der Waals surface area contributed by atoms with Crippen molar-refractivity contribution in [3.05, 3.63) is 45.6 Å². The average molecular weight is 343 g/mol. The van der Waals surface area contributed by atoms with Crippen LogP contribution in [-0.4, -0.2) is 6.54 Å². The van der Waals surface area contributed by atoms with Crippen molar-refractivity contribution in [3.8, 4) is 0 Å². The highest BCUT2D eigenvalue weighted by Gasteiger charge is 2.13. The standard InChI is InChI=1S/C15H22IN/c1-4-6-7-11-14(17-5-2)13-10-8-9-12(3)15(13)16/h4,8-10,14,17H,1,5-7,11H2,2-3H3. The summed E-state index contributed by atoms with van der Waals surface area (Å²) in [6.45, 7) is 9.15. The molecule has 17 heavy (non-hydrogen) atoms. The minimum Gasteiger partial charge on any atom is -0.310 e. The number of halogens is 1. The summed E-state index contributed by atoms with van der Waals surface area (Å²) in [5.41, 5.74) is 2.81. The van der Waals surface area contributed by atoms with Crippen molar-refractivity contribution in [3.63, 3.8) is 0 Å². The molecule has 0 aromatic heterocycles. The summed E-state index contributed by atoms with van der Waals surface area (Å²) in [7, 11) is 0. The molecule has 0 fully saturated rings. The lowest BCUT2D eigenvalue weighted by Crippen LogP contribution is -2.22. The molecule has 0 aliphatic heterocycles. The Hall–Kier alpha value is -0.350. The molecule has 0 heterocycles. The first-order valence-electron chi connectivity index (χ1n) is 6.30. The van der Waals surface area contributed by atoms with Gasteiger partial charge < -0.3 is 5.32 Å². The number of allylic oxidation sites excluding steroid dienone is 1. The van der Waals surface area contributed by atoms with E-state index >= 15 is 0 Å². The van der Waals surface area contributed by atoms with Gasteiger partial charge in [0.15, 0.2) is 0 Å². The first kappa shape index (κ1) is 14.7. The summed E-state index contributed by atoms with van der Waals surface area (Å²) in [4.78, 5) is 0. The number of rotatable bonds is 7. The summed E-state index contributed by atoms with van der Waals surface area (Å²) in [5, 5.41) is 3.59. The van der Waals surface area contributed by atoms with E-state index in [9.17, 15) is 0 Å². The Morgan fingerprint density at radius 1 is 1.47 bits per heavy atom. The van der Waals surface area contributed by atoms with Gasteiger partial charge in [-0.1, -0.05) is 31.2 Å². The zero-order valence-electron chi connectivity index (χ0n) is 10.8. The highest BCUT2D eigenvalue weighted by Crippen LogP contribution is 2.26. The van der Waals surface area contributed by atoms with Gasteiger partial charge in [0.2, 0.25) is 0 Å². The van der Waals surface area contributed by atoms with Crippen LogP contribution in [0.2, 0.25) is 0 Å². The van der Waals surface area contributed by atoms with Crippen LogP contribution in [0, 0.1) is 10.5 Å². The van der Waals surface area contributed by atoms with E-state index in [1.165, 1.54) is 27.5 Å². The molecule has 0 radical (unpaired) electrons. The summed E-state index contributed by atoms with van der Waals surface area (Å²) in [6, 6.07) is 7.06. The van der Waals surface area contributed by atoms with Crippen LogP contribution in [0.5, 0.6) is 0 Å². The summed E-state index contributed by atoms with van der Waals surface area (Å²) < 4.78 is 1.40. The predicted molar refractivity (Wildman–Crippen MR) is 84.4 cm³/mol. The molecule has 0 spiro atoms. The number of unbranched alkanes of at least 4 members (excludes halogenated alkanes) is 1. The van der Waals surface area contributed by atoms with Crippen LogP contribution in [0.15, 0.2) is 30.9 Å². The summed E-state index contributed by atoms with van der Waals surface area (Å²) >= 11 is 2.46. The van der Waals surface area contributed by atoms with Gasteiger partial charge in [0.25, 0.3) is 0 Å². The SMILES string of the molecule is C=CCCCC(NCC)c1cccc(C)c1I. The number of hydrogen-bond acceptors (Lipinski definition) is 1. The number of nitrogens with one attached hydrogen (secondary N) is 1. The van der Waals surface area contributed by atoms with E-state index in [0.717, 1.165) is 13.0 Å². The van der Waals surface area contributed by atoms with E-state index in [0.29, 0.717) is 6.04 Å². The van der Waals surface area contributed by atoms with Gasteiger partial charge in [-0.2, -0.15) is 0 Å². The third kappa shape index (κ3) is 4.43. The molecule has 0 amide bonds. The van der Waals surface area contributed by atoms with E-state index in [-0.39, 0.29) is 0 Å². The Labute approximate surface area is 119 Å². The largest absolute Gasteiger partial charge is 0.310 e. The quantitative estimate of drug-likeness (QED) is 0.433. The molecule has 0 aliphatic rings. The normalized spacial score (nSPS) is 12.4. The van der Waals surface area contributed by atoms with E-state index in [2.05, 4.69) is 66.5 Å². The van der Waals surface area contributed by atoms with Gasteiger partial charge in [-0.25, -0.2) is 0 Å². The van der Waals surface area contributed by atoms with Gasteiger partial charge in [0.05, 0.1) is 0 Å². The molecular weight excluding hydrogens is 321 g/mol. The van der Waals surface area contributed by atoms with Gasteiger partial charge in [-0.05, 0) is 66.4 Å². The Morgan fingerprint density at radius 2 is 2.24 bits per heavy atom. The van der Waals surface area contributed by atoms with Crippen molar-refractivity contribution in [2.45, 2.75) is 39.2 Å². The lowest BCUT2D eigenvalue weighted by Gasteiger charge is -2.20. The molecular formula is C15H22IN. The second kappa shape index (κ2) is 7.88.